The topological polar surface area (TPSA) is 92.1 Å². The monoisotopic (exact) mass is 388 g/mol. The van der Waals surface area contributed by atoms with E-state index in [4.69, 9.17) is 4.52 Å². The summed E-state index contributed by atoms with van der Waals surface area (Å²) in [5.41, 5.74) is 2.30. The molecule has 4 rings (SSSR count). The van der Waals surface area contributed by atoms with Gasteiger partial charge in [-0.15, -0.1) is 0 Å². The fourth-order valence-corrected chi connectivity index (χ4v) is 3.34. The Labute approximate surface area is 167 Å². The van der Waals surface area contributed by atoms with Crippen molar-refractivity contribution in [1.29, 1.82) is 0 Å². The Morgan fingerprint density at radius 3 is 2.48 bits per heavy atom. The van der Waals surface area contributed by atoms with E-state index in [1.54, 1.807) is 36.9 Å². The van der Waals surface area contributed by atoms with Crippen molar-refractivity contribution in [3.05, 3.63) is 93.4 Å². The second-order valence-electron chi connectivity index (χ2n) is 6.88. The minimum absolute atomic E-state index is 0.151. The van der Waals surface area contributed by atoms with Crippen molar-refractivity contribution in [3.63, 3.8) is 0 Å². The van der Waals surface area contributed by atoms with E-state index in [2.05, 4.69) is 15.1 Å². The van der Waals surface area contributed by atoms with Gasteiger partial charge in [0.25, 0.3) is 11.5 Å². The summed E-state index contributed by atoms with van der Waals surface area (Å²) in [4.78, 5) is 34.7. The Bertz CT molecular complexity index is 1210. The summed E-state index contributed by atoms with van der Waals surface area (Å²) in [5.74, 6) is 0.663. The molecule has 1 amide bonds. The molecule has 0 unspecified atom stereocenters. The van der Waals surface area contributed by atoms with Crippen LogP contribution < -0.4 is 5.56 Å². The van der Waals surface area contributed by atoms with Crippen molar-refractivity contribution in [3.8, 4) is 0 Å². The predicted molar refractivity (Wildman–Crippen MR) is 108 cm³/mol. The van der Waals surface area contributed by atoms with E-state index < -0.39 is 0 Å². The standard InChI is InChI=1S/C22H20N4O3/c1-14-20(15(2)29-25-14)22(28)26(12-16-8-4-3-5-9-16)13-19-23-18-11-7-6-10-17(18)21(27)24-19/h3-11H,12-13H2,1-2H3,(H,23,24,27). The molecule has 0 aliphatic rings. The highest BCUT2D eigenvalue weighted by atomic mass is 16.5. The molecule has 0 aliphatic heterocycles. The number of hydrogen-bond acceptors (Lipinski definition) is 5. The summed E-state index contributed by atoms with van der Waals surface area (Å²) in [7, 11) is 0. The molecule has 0 saturated carbocycles. The minimum atomic E-state index is -0.227. The van der Waals surface area contributed by atoms with E-state index in [0.29, 0.717) is 40.3 Å². The van der Waals surface area contributed by atoms with Gasteiger partial charge in [-0.25, -0.2) is 4.98 Å². The van der Waals surface area contributed by atoms with Crippen LogP contribution in [0.5, 0.6) is 0 Å². The Hall–Kier alpha value is -3.74. The van der Waals surface area contributed by atoms with Crippen LogP contribution in [0, 0.1) is 13.8 Å². The zero-order valence-electron chi connectivity index (χ0n) is 16.2. The van der Waals surface area contributed by atoms with Gasteiger partial charge in [0.15, 0.2) is 0 Å². The summed E-state index contributed by atoms with van der Waals surface area (Å²) in [5, 5.41) is 4.41. The van der Waals surface area contributed by atoms with E-state index in [1.807, 2.05) is 36.4 Å². The van der Waals surface area contributed by atoms with E-state index >= 15 is 0 Å². The highest BCUT2D eigenvalue weighted by Crippen LogP contribution is 2.19. The average Bonchev–Trinajstić information content (AvgIpc) is 3.06. The van der Waals surface area contributed by atoms with E-state index in [0.717, 1.165) is 5.56 Å². The molecule has 0 bridgehead atoms. The molecule has 0 fully saturated rings. The van der Waals surface area contributed by atoms with Gasteiger partial charge in [-0.1, -0.05) is 47.6 Å². The predicted octanol–water partition coefficient (Wildman–Crippen LogP) is 3.37. The average molecular weight is 388 g/mol. The molecular weight excluding hydrogens is 368 g/mol. The first-order valence-electron chi connectivity index (χ1n) is 9.27. The number of carbonyl (C=O) groups is 1. The number of rotatable bonds is 5. The van der Waals surface area contributed by atoms with Gasteiger partial charge in [-0.3, -0.25) is 9.59 Å². The van der Waals surface area contributed by atoms with Crippen LogP contribution in [0.15, 0.2) is 63.9 Å². The zero-order valence-corrected chi connectivity index (χ0v) is 16.2. The summed E-state index contributed by atoms with van der Waals surface area (Å²) >= 11 is 0. The number of nitrogens with one attached hydrogen (secondary N) is 1. The fourth-order valence-electron chi connectivity index (χ4n) is 3.34. The maximum absolute atomic E-state index is 13.3. The number of aromatic amines is 1. The molecule has 0 saturated heterocycles. The van der Waals surface area contributed by atoms with E-state index in [1.165, 1.54) is 0 Å². The summed E-state index contributed by atoms with van der Waals surface area (Å²) in [6.07, 6.45) is 0. The lowest BCUT2D eigenvalue weighted by molar-refractivity contribution is 0.0723. The van der Waals surface area contributed by atoms with Crippen LogP contribution in [-0.4, -0.2) is 25.9 Å². The molecule has 4 aromatic rings. The Morgan fingerprint density at radius 1 is 1.03 bits per heavy atom. The minimum Gasteiger partial charge on any atom is -0.361 e. The van der Waals surface area contributed by atoms with Crippen molar-refractivity contribution < 1.29 is 9.32 Å². The lowest BCUT2D eigenvalue weighted by Gasteiger charge is -2.22. The molecule has 0 spiro atoms. The second-order valence-corrected chi connectivity index (χ2v) is 6.88. The van der Waals surface area contributed by atoms with Gasteiger partial charge >= 0.3 is 0 Å². The van der Waals surface area contributed by atoms with Crippen molar-refractivity contribution in [2.45, 2.75) is 26.9 Å². The lowest BCUT2D eigenvalue weighted by atomic mass is 10.1. The molecule has 0 aliphatic carbocycles. The maximum atomic E-state index is 13.3. The number of para-hydroxylation sites is 1. The smallest absolute Gasteiger partial charge is 0.260 e. The number of nitrogens with zero attached hydrogens (tertiary/aromatic N) is 3. The van der Waals surface area contributed by atoms with Crippen molar-refractivity contribution in [2.75, 3.05) is 0 Å². The Balaban J connectivity index is 1.72. The van der Waals surface area contributed by atoms with Crippen LogP contribution in [0.3, 0.4) is 0 Å². The van der Waals surface area contributed by atoms with Gasteiger partial charge in [-0.2, -0.15) is 0 Å². The largest absolute Gasteiger partial charge is 0.361 e. The number of carbonyl (C=O) groups excluding carboxylic acids is 1. The van der Waals surface area contributed by atoms with E-state index in [9.17, 15) is 9.59 Å². The lowest BCUT2D eigenvalue weighted by Crippen LogP contribution is -2.32. The van der Waals surface area contributed by atoms with Crippen LogP contribution in [0.1, 0.15) is 33.2 Å². The molecule has 29 heavy (non-hydrogen) atoms. The molecular formula is C22H20N4O3. The molecule has 0 atom stereocenters. The number of benzene rings is 2. The van der Waals surface area contributed by atoms with Crippen LogP contribution in [0.4, 0.5) is 0 Å². The van der Waals surface area contributed by atoms with Crippen LogP contribution >= 0.6 is 0 Å². The zero-order chi connectivity index (χ0) is 20.4. The molecule has 0 radical (unpaired) electrons. The number of hydrogen-bond donors (Lipinski definition) is 1. The van der Waals surface area contributed by atoms with Gasteiger partial charge in [0.1, 0.15) is 17.1 Å². The molecule has 7 nitrogen and oxygen atoms in total. The number of amides is 1. The highest BCUT2D eigenvalue weighted by Gasteiger charge is 2.24. The number of aromatic nitrogens is 3. The fraction of sp³-hybridized carbons (Fsp3) is 0.182. The van der Waals surface area contributed by atoms with Crippen LogP contribution in [0.2, 0.25) is 0 Å². The molecule has 2 heterocycles. The highest BCUT2D eigenvalue weighted by molar-refractivity contribution is 5.96. The summed E-state index contributed by atoms with van der Waals surface area (Å²) in [6.45, 7) is 3.96. The van der Waals surface area contributed by atoms with Crippen LogP contribution in [-0.2, 0) is 13.1 Å². The third-order valence-corrected chi connectivity index (χ3v) is 4.75. The Kier molecular flexibility index (Phi) is 4.95. The van der Waals surface area contributed by atoms with E-state index in [-0.39, 0.29) is 18.0 Å². The SMILES string of the molecule is Cc1noc(C)c1C(=O)N(Cc1ccccc1)Cc1nc2ccccc2c(=O)[nH]1. The normalized spacial score (nSPS) is 11.0. The molecule has 7 heteroatoms. The summed E-state index contributed by atoms with van der Waals surface area (Å²) in [6, 6.07) is 16.8. The second kappa shape index (κ2) is 7.71. The molecule has 2 aromatic heterocycles. The van der Waals surface area contributed by atoms with Gasteiger partial charge in [0.2, 0.25) is 0 Å². The van der Waals surface area contributed by atoms with Crippen molar-refractivity contribution >= 4 is 16.8 Å². The quantitative estimate of drug-likeness (QED) is 0.566. The third kappa shape index (κ3) is 3.80. The van der Waals surface area contributed by atoms with Crippen LogP contribution in [0.25, 0.3) is 10.9 Å². The van der Waals surface area contributed by atoms with Crippen molar-refractivity contribution in [2.24, 2.45) is 0 Å². The molecule has 146 valence electrons. The first-order valence-corrected chi connectivity index (χ1v) is 9.27. The molecule has 1 N–H and O–H groups in total. The van der Waals surface area contributed by atoms with Crippen molar-refractivity contribution in [1.82, 2.24) is 20.0 Å². The summed E-state index contributed by atoms with van der Waals surface area (Å²) < 4.78 is 5.17. The maximum Gasteiger partial charge on any atom is 0.260 e. The third-order valence-electron chi connectivity index (χ3n) is 4.75. The number of aryl methyl sites for hydroxylation is 2. The van der Waals surface area contributed by atoms with Gasteiger partial charge in [0, 0.05) is 6.54 Å². The number of H-pyrrole nitrogens is 1. The Morgan fingerprint density at radius 2 is 1.76 bits per heavy atom. The first kappa shape index (κ1) is 18.6. The van der Waals surface area contributed by atoms with Gasteiger partial charge in [-0.05, 0) is 31.5 Å². The molecule has 2 aromatic carbocycles. The number of fused-ring (bicyclic) bond motifs is 1. The van der Waals surface area contributed by atoms with Gasteiger partial charge < -0.3 is 14.4 Å². The first-order chi connectivity index (χ1) is 14.0. The van der Waals surface area contributed by atoms with Gasteiger partial charge in [0.05, 0.1) is 23.1 Å².